The van der Waals surface area contributed by atoms with Crippen LogP contribution in [0.5, 0.6) is 0 Å². The highest BCUT2D eigenvalue weighted by Crippen LogP contribution is 2.26. The second-order valence-corrected chi connectivity index (χ2v) is 4.86. The molecule has 0 unspecified atom stereocenters. The number of aromatic carboxylic acids is 1. The van der Waals surface area contributed by atoms with Crippen molar-refractivity contribution in [2.24, 2.45) is 0 Å². The number of carboxylic acid groups (broad SMARTS) is 1. The minimum absolute atomic E-state index is 0.00606. The Kier molecular flexibility index (Phi) is 3.06. The average molecular weight is 267 g/mol. The third kappa shape index (κ3) is 2.20. The Balaban J connectivity index is 2.07. The third-order valence-corrected chi connectivity index (χ3v) is 3.52. The summed E-state index contributed by atoms with van der Waals surface area (Å²) in [5.74, 6) is -0.900. The molecule has 4 nitrogen and oxygen atoms in total. The van der Waals surface area contributed by atoms with Crippen molar-refractivity contribution in [3.05, 3.63) is 53.2 Å². The van der Waals surface area contributed by atoms with Crippen LogP contribution in [0.4, 0.5) is 0 Å². The summed E-state index contributed by atoms with van der Waals surface area (Å²) in [4.78, 5) is 27.0. The van der Waals surface area contributed by atoms with E-state index in [-0.39, 0.29) is 11.5 Å². The largest absolute Gasteiger partial charge is 0.477 e. The smallest absolute Gasteiger partial charge is 0.354 e. The highest BCUT2D eigenvalue weighted by molar-refractivity contribution is 5.99. The molecule has 0 saturated carbocycles. The number of hydrogen-bond acceptors (Lipinski definition) is 3. The number of benzene rings is 1. The van der Waals surface area contributed by atoms with Crippen molar-refractivity contribution in [2.45, 2.75) is 19.3 Å². The van der Waals surface area contributed by atoms with Crippen molar-refractivity contribution in [1.29, 1.82) is 0 Å². The number of nitrogens with zero attached hydrogens (tertiary/aromatic N) is 1. The number of Topliss-reactive ketones (excluding diaryl/α,β-unsaturated/α-hetero) is 1. The molecule has 0 spiro atoms. The molecule has 0 amide bonds. The number of carbonyl (C=O) groups is 2. The maximum absolute atomic E-state index is 11.9. The van der Waals surface area contributed by atoms with Crippen LogP contribution >= 0.6 is 0 Å². The number of fused-ring (bicyclic) bond motifs is 1. The first kappa shape index (κ1) is 12.5. The summed E-state index contributed by atoms with van der Waals surface area (Å²) in [5.41, 5.74) is 3.18. The zero-order chi connectivity index (χ0) is 14.1. The normalized spacial score (nSPS) is 13.9. The lowest BCUT2D eigenvalue weighted by molar-refractivity contribution is 0.0690. The Morgan fingerprint density at radius 3 is 2.80 bits per heavy atom. The number of ketones is 1. The van der Waals surface area contributed by atoms with E-state index >= 15 is 0 Å². The van der Waals surface area contributed by atoms with Crippen molar-refractivity contribution in [1.82, 2.24) is 4.98 Å². The van der Waals surface area contributed by atoms with Crippen LogP contribution in [0.3, 0.4) is 0 Å². The molecule has 1 aliphatic rings. The van der Waals surface area contributed by atoms with E-state index in [9.17, 15) is 9.59 Å². The van der Waals surface area contributed by atoms with Gasteiger partial charge in [-0.3, -0.25) is 4.79 Å². The Bertz CT molecular complexity index is 707. The van der Waals surface area contributed by atoms with Gasteiger partial charge in [0, 0.05) is 17.5 Å². The van der Waals surface area contributed by atoms with Gasteiger partial charge in [0.2, 0.25) is 0 Å². The SMILES string of the molecule is O=C(O)c1cccc(-c2ccc3c(c2)C(=O)CCC3)n1. The quantitative estimate of drug-likeness (QED) is 0.908. The van der Waals surface area contributed by atoms with Gasteiger partial charge in [0.05, 0.1) is 5.69 Å². The van der Waals surface area contributed by atoms with Crippen molar-refractivity contribution in [2.75, 3.05) is 0 Å². The van der Waals surface area contributed by atoms with E-state index in [2.05, 4.69) is 4.98 Å². The van der Waals surface area contributed by atoms with E-state index < -0.39 is 5.97 Å². The van der Waals surface area contributed by atoms with E-state index in [0.717, 1.165) is 29.5 Å². The molecule has 0 aliphatic heterocycles. The summed E-state index contributed by atoms with van der Waals surface area (Å²) in [6.45, 7) is 0. The number of pyridine rings is 1. The summed E-state index contributed by atoms with van der Waals surface area (Å²) in [7, 11) is 0. The molecule has 1 aliphatic carbocycles. The first-order chi connectivity index (χ1) is 9.65. The van der Waals surface area contributed by atoms with Crippen molar-refractivity contribution in [3.63, 3.8) is 0 Å². The summed E-state index contributed by atoms with van der Waals surface area (Å²) < 4.78 is 0. The van der Waals surface area contributed by atoms with Crippen molar-refractivity contribution < 1.29 is 14.7 Å². The first-order valence-electron chi connectivity index (χ1n) is 6.52. The number of aryl methyl sites for hydroxylation is 1. The van der Waals surface area contributed by atoms with Crippen LogP contribution in [-0.4, -0.2) is 21.8 Å². The van der Waals surface area contributed by atoms with Crippen LogP contribution in [0.25, 0.3) is 11.3 Å². The Morgan fingerprint density at radius 1 is 1.15 bits per heavy atom. The molecule has 20 heavy (non-hydrogen) atoms. The van der Waals surface area contributed by atoms with E-state index in [1.807, 2.05) is 18.2 Å². The molecule has 100 valence electrons. The molecular weight excluding hydrogens is 254 g/mol. The number of aromatic nitrogens is 1. The van der Waals surface area contributed by atoms with Gasteiger partial charge in [-0.15, -0.1) is 0 Å². The Hall–Kier alpha value is -2.49. The molecule has 1 heterocycles. The summed E-state index contributed by atoms with van der Waals surface area (Å²) >= 11 is 0. The third-order valence-electron chi connectivity index (χ3n) is 3.52. The van der Waals surface area contributed by atoms with Gasteiger partial charge in [-0.2, -0.15) is 0 Å². The minimum atomic E-state index is -1.05. The van der Waals surface area contributed by atoms with Crippen LogP contribution in [0.1, 0.15) is 39.3 Å². The topological polar surface area (TPSA) is 67.3 Å². The molecule has 4 heteroatoms. The molecule has 1 aromatic heterocycles. The van der Waals surface area contributed by atoms with Crippen molar-refractivity contribution in [3.8, 4) is 11.3 Å². The molecule has 1 N–H and O–H groups in total. The van der Waals surface area contributed by atoms with Crippen LogP contribution in [-0.2, 0) is 6.42 Å². The van der Waals surface area contributed by atoms with E-state index in [1.54, 1.807) is 12.1 Å². The molecule has 0 fully saturated rings. The summed E-state index contributed by atoms with van der Waals surface area (Å²) in [6.07, 6.45) is 2.40. The number of carbonyl (C=O) groups excluding carboxylic acids is 1. The lowest BCUT2D eigenvalue weighted by Crippen LogP contribution is -2.10. The Labute approximate surface area is 116 Å². The molecule has 0 atom stereocenters. The second kappa shape index (κ2) is 4.89. The zero-order valence-electron chi connectivity index (χ0n) is 10.8. The van der Waals surface area contributed by atoms with Crippen LogP contribution < -0.4 is 0 Å². The first-order valence-corrected chi connectivity index (χ1v) is 6.52. The fraction of sp³-hybridized carbons (Fsp3) is 0.188. The van der Waals surface area contributed by atoms with Gasteiger partial charge in [0.25, 0.3) is 0 Å². The second-order valence-electron chi connectivity index (χ2n) is 4.86. The van der Waals surface area contributed by atoms with Gasteiger partial charge in [-0.25, -0.2) is 9.78 Å². The number of carboxylic acids is 1. The van der Waals surface area contributed by atoms with E-state index in [4.69, 9.17) is 5.11 Å². The molecule has 2 aromatic rings. The van der Waals surface area contributed by atoms with Gasteiger partial charge in [-0.1, -0.05) is 18.2 Å². The van der Waals surface area contributed by atoms with Gasteiger partial charge in [-0.05, 0) is 36.6 Å². The zero-order valence-corrected chi connectivity index (χ0v) is 10.8. The molecule has 0 radical (unpaired) electrons. The lowest BCUT2D eigenvalue weighted by Gasteiger charge is -2.15. The van der Waals surface area contributed by atoms with Crippen molar-refractivity contribution >= 4 is 11.8 Å². The average Bonchev–Trinajstić information content (AvgIpc) is 2.47. The van der Waals surface area contributed by atoms with Crippen LogP contribution in [0, 0.1) is 0 Å². The molecule has 0 bridgehead atoms. The van der Waals surface area contributed by atoms with Crippen LogP contribution in [0.2, 0.25) is 0 Å². The van der Waals surface area contributed by atoms with Gasteiger partial charge in [0.15, 0.2) is 5.78 Å². The predicted molar refractivity (Wildman–Crippen MR) is 73.9 cm³/mol. The molecule has 0 saturated heterocycles. The molecule has 1 aromatic carbocycles. The predicted octanol–water partition coefficient (Wildman–Crippen LogP) is 2.97. The van der Waals surface area contributed by atoms with Gasteiger partial charge in [0.1, 0.15) is 5.69 Å². The highest BCUT2D eigenvalue weighted by atomic mass is 16.4. The minimum Gasteiger partial charge on any atom is -0.477 e. The number of rotatable bonds is 2. The fourth-order valence-corrected chi connectivity index (χ4v) is 2.50. The maximum Gasteiger partial charge on any atom is 0.354 e. The highest BCUT2D eigenvalue weighted by Gasteiger charge is 2.18. The lowest BCUT2D eigenvalue weighted by atomic mass is 9.89. The molecule has 3 rings (SSSR count). The Morgan fingerprint density at radius 2 is 2.00 bits per heavy atom. The fourth-order valence-electron chi connectivity index (χ4n) is 2.50. The van der Waals surface area contributed by atoms with Gasteiger partial charge >= 0.3 is 5.97 Å². The summed E-state index contributed by atoms with van der Waals surface area (Å²) in [5, 5.41) is 8.97. The summed E-state index contributed by atoms with van der Waals surface area (Å²) in [6, 6.07) is 10.5. The van der Waals surface area contributed by atoms with E-state index in [0.29, 0.717) is 12.1 Å². The number of hydrogen-bond donors (Lipinski definition) is 1. The van der Waals surface area contributed by atoms with Crippen LogP contribution in [0.15, 0.2) is 36.4 Å². The molecular formula is C16H13NO3. The maximum atomic E-state index is 11.9. The standard InChI is InChI=1S/C16H13NO3/c18-15-6-1-3-10-7-8-11(9-12(10)15)13-4-2-5-14(17-13)16(19)20/h2,4-5,7-9H,1,3,6H2,(H,19,20). The van der Waals surface area contributed by atoms with E-state index in [1.165, 1.54) is 6.07 Å². The van der Waals surface area contributed by atoms with Gasteiger partial charge < -0.3 is 5.11 Å². The monoisotopic (exact) mass is 267 g/mol.